The van der Waals surface area contributed by atoms with Gasteiger partial charge in [-0.1, -0.05) is 17.3 Å². The lowest BCUT2D eigenvalue weighted by Crippen LogP contribution is -2.25. The molecule has 0 bridgehead atoms. The summed E-state index contributed by atoms with van der Waals surface area (Å²) >= 11 is 1.52. The molecule has 0 unspecified atom stereocenters. The lowest BCUT2D eigenvalue weighted by molar-refractivity contribution is -0.143. The number of thioether (sulfide) groups is 1. The Labute approximate surface area is 151 Å². The molecule has 0 radical (unpaired) electrons. The van der Waals surface area contributed by atoms with Crippen molar-refractivity contribution >= 4 is 23.6 Å². The van der Waals surface area contributed by atoms with Crippen LogP contribution in [-0.4, -0.2) is 30.2 Å². The van der Waals surface area contributed by atoms with Gasteiger partial charge in [0, 0.05) is 23.9 Å². The normalized spacial score (nSPS) is 10.5. The van der Waals surface area contributed by atoms with Crippen LogP contribution < -0.4 is 5.32 Å². The van der Waals surface area contributed by atoms with Crippen LogP contribution in [0.3, 0.4) is 0 Å². The number of carbonyl (C=O) groups is 2. The number of hydrogen-bond donors (Lipinski definition) is 1. The fourth-order valence-corrected chi connectivity index (χ4v) is 3.10. The van der Waals surface area contributed by atoms with Crippen LogP contribution in [0.25, 0.3) is 0 Å². The molecule has 2 aromatic rings. The van der Waals surface area contributed by atoms with Crippen molar-refractivity contribution in [3.05, 3.63) is 47.3 Å². The summed E-state index contributed by atoms with van der Waals surface area (Å²) < 4.78 is 10.1. The van der Waals surface area contributed by atoms with Gasteiger partial charge in [0.05, 0.1) is 23.6 Å². The molecule has 1 heterocycles. The van der Waals surface area contributed by atoms with Gasteiger partial charge in [0.15, 0.2) is 0 Å². The first-order valence-electron chi connectivity index (χ1n) is 8.18. The molecule has 0 atom stereocenters. The number of nitrogens with one attached hydrogen (secondary N) is 1. The summed E-state index contributed by atoms with van der Waals surface area (Å²) in [5.74, 6) is 0.983. The zero-order valence-corrected chi connectivity index (χ0v) is 15.2. The maximum atomic E-state index is 12.4. The predicted octanol–water partition coefficient (Wildman–Crippen LogP) is 3.35. The van der Waals surface area contributed by atoms with Crippen molar-refractivity contribution in [2.75, 3.05) is 13.2 Å². The van der Waals surface area contributed by atoms with Crippen molar-refractivity contribution in [3.8, 4) is 0 Å². The fraction of sp³-hybridized carbons (Fsp3) is 0.389. The number of carbonyl (C=O) groups excluding carboxylic acids is 2. The molecule has 1 aromatic heterocycles. The highest BCUT2D eigenvalue weighted by Gasteiger charge is 2.12. The van der Waals surface area contributed by atoms with Crippen LogP contribution in [0, 0.1) is 6.92 Å². The Morgan fingerprint density at radius 2 is 2.12 bits per heavy atom. The third kappa shape index (κ3) is 6.26. The van der Waals surface area contributed by atoms with Gasteiger partial charge >= 0.3 is 5.97 Å². The highest BCUT2D eigenvalue weighted by molar-refractivity contribution is 7.98. The lowest BCUT2D eigenvalue weighted by Gasteiger charge is -2.09. The summed E-state index contributed by atoms with van der Waals surface area (Å²) in [6, 6.07) is 9.29. The molecule has 1 amide bonds. The smallest absolute Gasteiger partial charge is 0.305 e. The molecule has 0 spiro atoms. The maximum absolute atomic E-state index is 12.4. The maximum Gasteiger partial charge on any atom is 0.305 e. The summed E-state index contributed by atoms with van der Waals surface area (Å²) in [4.78, 5) is 24.5. The van der Waals surface area contributed by atoms with Crippen LogP contribution in [0.15, 0.2) is 39.8 Å². The summed E-state index contributed by atoms with van der Waals surface area (Å²) in [6.45, 7) is 4.45. The summed E-state index contributed by atoms with van der Waals surface area (Å²) in [5.41, 5.74) is 1.45. The van der Waals surface area contributed by atoms with E-state index in [0.717, 1.165) is 16.3 Å². The predicted molar refractivity (Wildman–Crippen MR) is 95.4 cm³/mol. The van der Waals surface area contributed by atoms with Crippen molar-refractivity contribution < 1.29 is 18.8 Å². The minimum absolute atomic E-state index is 0.152. The third-order valence-electron chi connectivity index (χ3n) is 3.33. The minimum Gasteiger partial charge on any atom is -0.466 e. The van der Waals surface area contributed by atoms with E-state index in [-0.39, 0.29) is 11.9 Å². The zero-order chi connectivity index (χ0) is 18.1. The molecule has 0 aliphatic carbocycles. The monoisotopic (exact) mass is 362 g/mol. The Bertz CT molecular complexity index is 715. The van der Waals surface area contributed by atoms with Crippen LogP contribution in [0.2, 0.25) is 0 Å². The van der Waals surface area contributed by atoms with Crippen molar-refractivity contribution in [3.63, 3.8) is 0 Å². The standard InChI is InChI=1S/C18H22N2O4S/c1-3-23-17(21)9-6-10-19-18(22)15-7-4-5-8-16(15)25-12-14-11-13(2)20-24-14/h4-5,7-8,11H,3,6,9-10,12H2,1-2H3,(H,19,22). The van der Waals surface area contributed by atoms with E-state index in [4.69, 9.17) is 9.26 Å². The fourth-order valence-electron chi connectivity index (χ4n) is 2.18. The number of esters is 1. The lowest BCUT2D eigenvalue weighted by atomic mass is 10.2. The van der Waals surface area contributed by atoms with Gasteiger partial charge in [-0.3, -0.25) is 9.59 Å². The molecule has 0 saturated carbocycles. The molecule has 0 aliphatic rings. The second-order valence-electron chi connectivity index (χ2n) is 5.38. The summed E-state index contributed by atoms with van der Waals surface area (Å²) in [5, 5.41) is 6.70. The quantitative estimate of drug-likeness (QED) is 0.418. The number of hydrogen-bond acceptors (Lipinski definition) is 6. The highest BCUT2D eigenvalue weighted by Crippen LogP contribution is 2.26. The topological polar surface area (TPSA) is 81.4 Å². The zero-order valence-electron chi connectivity index (χ0n) is 14.4. The van der Waals surface area contributed by atoms with Crippen LogP contribution in [0.1, 0.15) is 41.6 Å². The highest BCUT2D eigenvalue weighted by atomic mass is 32.2. The molecule has 2 rings (SSSR count). The molecule has 1 N–H and O–H groups in total. The van der Waals surface area contributed by atoms with E-state index in [0.29, 0.717) is 37.3 Å². The largest absolute Gasteiger partial charge is 0.466 e. The van der Waals surface area contributed by atoms with E-state index in [2.05, 4.69) is 10.5 Å². The number of aromatic nitrogens is 1. The molecule has 0 fully saturated rings. The molecule has 0 saturated heterocycles. The number of nitrogens with zero attached hydrogens (tertiary/aromatic N) is 1. The molecule has 7 heteroatoms. The second-order valence-corrected chi connectivity index (χ2v) is 6.40. The Kier molecular flexibility index (Phi) is 7.53. The van der Waals surface area contributed by atoms with Gasteiger partial charge in [0.2, 0.25) is 0 Å². The molecular formula is C18H22N2O4S. The van der Waals surface area contributed by atoms with Crippen molar-refractivity contribution in [2.45, 2.75) is 37.3 Å². The molecule has 0 aliphatic heterocycles. The first kappa shape index (κ1) is 19.1. The van der Waals surface area contributed by atoms with Gasteiger partial charge in [-0.2, -0.15) is 0 Å². The third-order valence-corrected chi connectivity index (χ3v) is 4.42. The summed E-state index contributed by atoms with van der Waals surface area (Å²) in [7, 11) is 0. The Morgan fingerprint density at radius 3 is 2.84 bits per heavy atom. The van der Waals surface area contributed by atoms with Crippen LogP contribution >= 0.6 is 11.8 Å². The minimum atomic E-state index is -0.241. The molecule has 1 aromatic carbocycles. The second kappa shape index (κ2) is 9.88. The van der Waals surface area contributed by atoms with E-state index < -0.39 is 0 Å². The number of amides is 1. The Hall–Kier alpha value is -2.28. The Balaban J connectivity index is 1.85. The molecule has 25 heavy (non-hydrogen) atoms. The first-order chi connectivity index (χ1) is 12.1. The average molecular weight is 362 g/mol. The molecular weight excluding hydrogens is 340 g/mol. The SMILES string of the molecule is CCOC(=O)CCCNC(=O)c1ccccc1SCc1cc(C)no1. The van der Waals surface area contributed by atoms with Gasteiger partial charge in [0.25, 0.3) is 5.91 Å². The number of benzene rings is 1. The van der Waals surface area contributed by atoms with E-state index >= 15 is 0 Å². The van der Waals surface area contributed by atoms with Gasteiger partial charge in [-0.05, 0) is 32.4 Å². The van der Waals surface area contributed by atoms with Crippen LogP contribution in [0.5, 0.6) is 0 Å². The summed E-state index contributed by atoms with van der Waals surface area (Å²) in [6.07, 6.45) is 0.854. The number of aryl methyl sites for hydroxylation is 1. The average Bonchev–Trinajstić information content (AvgIpc) is 3.02. The molecule has 134 valence electrons. The van der Waals surface area contributed by atoms with Crippen molar-refractivity contribution in [2.24, 2.45) is 0 Å². The number of rotatable bonds is 9. The van der Waals surface area contributed by atoms with E-state index in [9.17, 15) is 9.59 Å². The van der Waals surface area contributed by atoms with Gasteiger partial charge in [-0.25, -0.2) is 0 Å². The van der Waals surface area contributed by atoms with Crippen LogP contribution in [-0.2, 0) is 15.3 Å². The van der Waals surface area contributed by atoms with Crippen LogP contribution in [0.4, 0.5) is 0 Å². The Morgan fingerprint density at radius 1 is 1.32 bits per heavy atom. The van der Waals surface area contributed by atoms with E-state index in [1.165, 1.54) is 11.8 Å². The van der Waals surface area contributed by atoms with Gasteiger partial charge in [0.1, 0.15) is 5.76 Å². The van der Waals surface area contributed by atoms with Gasteiger partial charge in [-0.15, -0.1) is 11.8 Å². The van der Waals surface area contributed by atoms with Crippen molar-refractivity contribution in [1.82, 2.24) is 10.5 Å². The van der Waals surface area contributed by atoms with Crippen molar-refractivity contribution in [1.29, 1.82) is 0 Å². The number of ether oxygens (including phenoxy) is 1. The molecule has 6 nitrogen and oxygen atoms in total. The van der Waals surface area contributed by atoms with Gasteiger partial charge < -0.3 is 14.6 Å². The first-order valence-corrected chi connectivity index (χ1v) is 9.16. The van der Waals surface area contributed by atoms with E-state index in [1.54, 1.807) is 13.0 Å². The van der Waals surface area contributed by atoms with E-state index in [1.807, 2.05) is 31.2 Å².